The predicted octanol–water partition coefficient (Wildman–Crippen LogP) is 5.70. The van der Waals surface area contributed by atoms with Crippen molar-refractivity contribution in [2.24, 2.45) is 5.92 Å². The van der Waals surface area contributed by atoms with Crippen LogP contribution in [0.5, 0.6) is 0 Å². The van der Waals surface area contributed by atoms with E-state index in [1.807, 2.05) is 70.2 Å². The zero-order valence-electron chi connectivity index (χ0n) is 21.8. The number of carbonyl (C=O) groups excluding carboxylic acids is 1. The number of allylic oxidation sites excluding steroid dienone is 2. The third kappa shape index (κ3) is 7.34. The molecular formula is C30H34N4O3. The van der Waals surface area contributed by atoms with Crippen molar-refractivity contribution in [1.82, 2.24) is 20.2 Å². The molecule has 3 N–H and O–H groups in total. The summed E-state index contributed by atoms with van der Waals surface area (Å²) >= 11 is 0. The number of aromatic nitrogens is 2. The highest BCUT2D eigenvalue weighted by molar-refractivity contribution is 5.85. The molecule has 7 heteroatoms. The fourth-order valence-electron chi connectivity index (χ4n) is 4.03. The fourth-order valence-corrected chi connectivity index (χ4v) is 4.03. The van der Waals surface area contributed by atoms with Gasteiger partial charge in [-0.15, -0.1) is 0 Å². The van der Waals surface area contributed by atoms with Gasteiger partial charge in [0.1, 0.15) is 11.9 Å². The second kappa shape index (κ2) is 13.1. The van der Waals surface area contributed by atoms with Gasteiger partial charge >= 0.3 is 6.09 Å². The van der Waals surface area contributed by atoms with Gasteiger partial charge < -0.3 is 20.3 Å². The van der Waals surface area contributed by atoms with Crippen molar-refractivity contribution < 1.29 is 14.7 Å². The maximum absolute atomic E-state index is 13.2. The zero-order valence-corrected chi connectivity index (χ0v) is 21.8. The topological polar surface area (TPSA) is 98.3 Å². The smallest absolute Gasteiger partial charge is 0.405 e. The molecular weight excluding hydrogens is 464 g/mol. The lowest BCUT2D eigenvalue weighted by Gasteiger charge is -2.28. The third-order valence-corrected chi connectivity index (χ3v) is 5.86. The van der Waals surface area contributed by atoms with Crippen LogP contribution in [-0.2, 0) is 11.3 Å². The van der Waals surface area contributed by atoms with Crippen LogP contribution in [0.3, 0.4) is 0 Å². The van der Waals surface area contributed by atoms with Gasteiger partial charge in [-0.2, -0.15) is 0 Å². The van der Waals surface area contributed by atoms with Gasteiger partial charge in [-0.3, -0.25) is 4.79 Å². The van der Waals surface area contributed by atoms with Gasteiger partial charge in [0.15, 0.2) is 0 Å². The van der Waals surface area contributed by atoms with Gasteiger partial charge in [-0.05, 0) is 48.6 Å². The highest BCUT2D eigenvalue weighted by Crippen LogP contribution is 2.29. The Hall–Kier alpha value is -4.31. The van der Waals surface area contributed by atoms with Crippen molar-refractivity contribution in [3.05, 3.63) is 78.3 Å². The predicted molar refractivity (Wildman–Crippen MR) is 147 cm³/mol. The van der Waals surface area contributed by atoms with Crippen molar-refractivity contribution in [3.63, 3.8) is 0 Å². The number of amides is 2. The second-order valence-corrected chi connectivity index (χ2v) is 9.07. The fraction of sp³-hybridized carbons (Fsp3) is 0.300. The Bertz CT molecular complexity index is 1300. The summed E-state index contributed by atoms with van der Waals surface area (Å²) < 4.78 is 0. The molecule has 1 atom stereocenters. The van der Waals surface area contributed by atoms with Crippen molar-refractivity contribution in [1.29, 1.82) is 0 Å². The van der Waals surface area contributed by atoms with Crippen LogP contribution in [0.4, 0.5) is 4.79 Å². The minimum absolute atomic E-state index is 0.180. The molecule has 1 unspecified atom stereocenters. The molecule has 2 aromatic carbocycles. The van der Waals surface area contributed by atoms with E-state index < -0.39 is 12.1 Å². The number of imidazole rings is 1. The number of carboxylic acid groups (broad SMARTS) is 1. The van der Waals surface area contributed by atoms with E-state index in [4.69, 9.17) is 0 Å². The van der Waals surface area contributed by atoms with Crippen LogP contribution < -0.4 is 5.32 Å². The Morgan fingerprint density at radius 3 is 2.57 bits per heavy atom. The van der Waals surface area contributed by atoms with Crippen LogP contribution in [0.2, 0.25) is 0 Å². The Morgan fingerprint density at radius 1 is 1.16 bits per heavy atom. The molecule has 1 heterocycles. The Balaban J connectivity index is 1.90. The number of nitrogens with zero attached hydrogens (tertiary/aromatic N) is 2. The Morgan fingerprint density at radius 2 is 1.92 bits per heavy atom. The second-order valence-electron chi connectivity index (χ2n) is 9.07. The summed E-state index contributed by atoms with van der Waals surface area (Å²) in [6.07, 6.45) is 5.02. The molecule has 0 saturated carbocycles. The molecule has 3 aromatic rings. The van der Waals surface area contributed by atoms with E-state index in [0.29, 0.717) is 12.4 Å². The Kier molecular flexibility index (Phi) is 9.68. The normalized spacial score (nSPS) is 11.7. The highest BCUT2D eigenvalue weighted by atomic mass is 16.4. The third-order valence-electron chi connectivity index (χ3n) is 5.86. The van der Waals surface area contributed by atoms with Crippen LogP contribution in [-0.4, -0.2) is 44.6 Å². The molecule has 1 aromatic heterocycles. The van der Waals surface area contributed by atoms with Crippen molar-refractivity contribution in [3.8, 4) is 34.2 Å². The van der Waals surface area contributed by atoms with E-state index in [1.54, 1.807) is 11.1 Å². The maximum Gasteiger partial charge on any atom is 0.405 e. The van der Waals surface area contributed by atoms with Crippen molar-refractivity contribution >= 4 is 12.0 Å². The summed E-state index contributed by atoms with van der Waals surface area (Å²) in [6, 6.07) is 15.4. The summed E-state index contributed by atoms with van der Waals surface area (Å²) in [7, 11) is 0. The number of H-pyrrole nitrogens is 1. The largest absolute Gasteiger partial charge is 0.465 e. The average molecular weight is 499 g/mol. The molecule has 0 radical (unpaired) electrons. The van der Waals surface area contributed by atoms with E-state index in [2.05, 4.69) is 45.3 Å². The van der Waals surface area contributed by atoms with Gasteiger partial charge in [0, 0.05) is 17.7 Å². The van der Waals surface area contributed by atoms with E-state index in [0.717, 1.165) is 34.4 Å². The van der Waals surface area contributed by atoms with Crippen molar-refractivity contribution in [2.75, 3.05) is 6.54 Å². The maximum atomic E-state index is 13.2. The Labute approximate surface area is 218 Å². The van der Waals surface area contributed by atoms with Gasteiger partial charge in [0.2, 0.25) is 5.91 Å². The number of benzene rings is 2. The molecule has 37 heavy (non-hydrogen) atoms. The van der Waals surface area contributed by atoms with Crippen LogP contribution in [0.1, 0.15) is 45.5 Å². The number of carbonyl (C=O) groups is 2. The number of rotatable bonds is 9. The van der Waals surface area contributed by atoms with Crippen molar-refractivity contribution in [2.45, 2.75) is 46.7 Å². The number of hydrogen-bond acceptors (Lipinski definition) is 3. The number of nitrogens with one attached hydrogen (secondary N) is 2. The lowest BCUT2D eigenvalue weighted by atomic mass is 9.96. The first-order valence-electron chi connectivity index (χ1n) is 12.5. The van der Waals surface area contributed by atoms with E-state index in [-0.39, 0.29) is 18.4 Å². The van der Waals surface area contributed by atoms with Crippen LogP contribution in [0.15, 0.2) is 66.9 Å². The van der Waals surface area contributed by atoms with Crippen LogP contribution >= 0.6 is 0 Å². The van der Waals surface area contributed by atoms with Crippen LogP contribution in [0, 0.1) is 17.8 Å². The SMILES string of the molecule is C/C=C/C#Cc1ccc(-c2cnc(CN(CCC)C(=O)C(NC(=O)O)C(C)C)[nH]2)cc1-c1ccccc1. The molecule has 0 aliphatic heterocycles. The standard InChI is InChI=1S/C30H34N4O3/c1-5-7-9-12-23-15-16-24(18-25(23)22-13-10-8-11-14-22)26-19-31-27(32-26)20-34(17-6-2)29(35)28(21(3)4)33-30(36)37/h5,7-8,10-11,13-16,18-19,21,28,33H,6,17,20H2,1-4H3,(H,31,32)(H,36,37)/b7-5+. The molecule has 0 saturated heterocycles. The minimum atomic E-state index is -1.21. The lowest BCUT2D eigenvalue weighted by Crippen LogP contribution is -2.51. The van der Waals surface area contributed by atoms with E-state index >= 15 is 0 Å². The quantitative estimate of drug-likeness (QED) is 0.330. The first kappa shape index (κ1) is 27.3. The molecule has 0 aliphatic carbocycles. The van der Waals surface area contributed by atoms with E-state index in [9.17, 15) is 14.7 Å². The first-order chi connectivity index (χ1) is 17.8. The highest BCUT2D eigenvalue weighted by Gasteiger charge is 2.29. The molecule has 0 bridgehead atoms. The average Bonchev–Trinajstić information content (AvgIpc) is 3.36. The molecule has 192 valence electrons. The number of hydrogen-bond donors (Lipinski definition) is 3. The molecule has 7 nitrogen and oxygen atoms in total. The molecule has 3 rings (SSSR count). The molecule has 0 spiro atoms. The summed E-state index contributed by atoms with van der Waals surface area (Å²) in [5, 5.41) is 11.5. The van der Waals surface area contributed by atoms with Gasteiger partial charge in [-0.1, -0.05) is 75.1 Å². The van der Waals surface area contributed by atoms with Gasteiger partial charge in [0.05, 0.1) is 18.4 Å². The van der Waals surface area contributed by atoms with E-state index in [1.165, 1.54) is 0 Å². The molecule has 2 amide bonds. The molecule has 0 aliphatic rings. The summed E-state index contributed by atoms with van der Waals surface area (Å²) in [5.74, 6) is 6.49. The monoisotopic (exact) mass is 498 g/mol. The minimum Gasteiger partial charge on any atom is -0.465 e. The number of aromatic amines is 1. The summed E-state index contributed by atoms with van der Waals surface area (Å²) in [5.41, 5.74) is 4.80. The molecule has 0 fully saturated rings. The lowest BCUT2D eigenvalue weighted by molar-refractivity contribution is -0.135. The zero-order chi connectivity index (χ0) is 26.8. The summed E-state index contributed by atoms with van der Waals surface area (Å²) in [4.78, 5) is 33.9. The van der Waals surface area contributed by atoms with Crippen LogP contribution in [0.25, 0.3) is 22.4 Å². The first-order valence-corrected chi connectivity index (χ1v) is 12.5. The summed E-state index contributed by atoms with van der Waals surface area (Å²) in [6.45, 7) is 8.32. The van der Waals surface area contributed by atoms with Gasteiger partial charge in [-0.25, -0.2) is 9.78 Å². The van der Waals surface area contributed by atoms with Gasteiger partial charge in [0.25, 0.3) is 0 Å².